The summed E-state index contributed by atoms with van der Waals surface area (Å²) in [5, 5.41) is 13.7. The maximum atomic E-state index is 11.5. The molecule has 0 atom stereocenters. The number of imide groups is 1. The summed E-state index contributed by atoms with van der Waals surface area (Å²) in [6, 6.07) is 5.05. The number of amides is 3. The molecule has 20 heavy (non-hydrogen) atoms. The lowest BCUT2D eigenvalue weighted by Crippen LogP contribution is -2.41. The summed E-state index contributed by atoms with van der Waals surface area (Å²) in [6.45, 7) is 0.397. The molecule has 0 saturated carbocycles. The molecule has 2 heterocycles. The fourth-order valence-electron chi connectivity index (χ4n) is 1.48. The molecule has 2 aromatic rings. The molecule has 3 N–H and O–H groups in total. The summed E-state index contributed by atoms with van der Waals surface area (Å²) in [4.78, 5) is 24.0. The van der Waals surface area contributed by atoms with Gasteiger partial charge in [-0.05, 0) is 11.4 Å². The van der Waals surface area contributed by atoms with E-state index in [0.29, 0.717) is 12.4 Å². The lowest BCUT2D eigenvalue weighted by Gasteiger charge is -2.06. The summed E-state index contributed by atoms with van der Waals surface area (Å²) in [7, 11) is 1.78. The van der Waals surface area contributed by atoms with Gasteiger partial charge in [-0.1, -0.05) is 6.07 Å². The molecule has 7 nitrogen and oxygen atoms in total. The molecule has 0 radical (unpaired) electrons. The monoisotopic (exact) mass is 293 g/mol. The number of hydrogen-bond acceptors (Lipinski definition) is 5. The topological polar surface area (TPSA) is 88.0 Å². The highest BCUT2D eigenvalue weighted by atomic mass is 32.1. The van der Waals surface area contributed by atoms with Crippen LogP contribution >= 0.6 is 11.3 Å². The van der Waals surface area contributed by atoms with Crippen molar-refractivity contribution in [2.75, 3.05) is 11.9 Å². The van der Waals surface area contributed by atoms with Gasteiger partial charge in [0.15, 0.2) is 0 Å². The summed E-state index contributed by atoms with van der Waals surface area (Å²) >= 11 is 1.54. The van der Waals surface area contributed by atoms with Crippen molar-refractivity contribution in [1.29, 1.82) is 0 Å². The second-order valence-electron chi connectivity index (χ2n) is 4.04. The molecule has 8 heteroatoms. The van der Waals surface area contributed by atoms with Crippen LogP contribution < -0.4 is 16.0 Å². The zero-order chi connectivity index (χ0) is 14.4. The standard InChI is InChI=1S/C12H15N5O2S/c1-17-5-4-10(16-17)13-8-11(18)15-12(19)14-7-9-3-2-6-20-9/h2-6H,7-8H2,1H3,(H,13,16)(H2,14,15,18,19). The minimum absolute atomic E-state index is 0.0105. The van der Waals surface area contributed by atoms with Crippen molar-refractivity contribution in [3.8, 4) is 0 Å². The van der Waals surface area contributed by atoms with E-state index in [2.05, 4.69) is 21.0 Å². The first kappa shape index (κ1) is 14.1. The van der Waals surface area contributed by atoms with Crippen LogP contribution in [0.25, 0.3) is 0 Å². The van der Waals surface area contributed by atoms with Crippen LogP contribution in [0.2, 0.25) is 0 Å². The Labute approximate surface area is 120 Å². The number of aryl methyl sites for hydroxylation is 1. The van der Waals surface area contributed by atoms with Gasteiger partial charge in [-0.25, -0.2) is 4.79 Å². The Kier molecular flexibility index (Phi) is 4.72. The SMILES string of the molecule is Cn1ccc(NCC(=O)NC(=O)NCc2cccs2)n1. The Morgan fingerprint density at radius 1 is 1.40 bits per heavy atom. The third-order valence-corrected chi connectivity index (χ3v) is 3.28. The number of nitrogens with zero attached hydrogens (tertiary/aromatic N) is 2. The third-order valence-electron chi connectivity index (χ3n) is 2.40. The van der Waals surface area contributed by atoms with Gasteiger partial charge in [0.05, 0.1) is 13.1 Å². The Hall–Kier alpha value is -2.35. The van der Waals surface area contributed by atoms with E-state index in [0.717, 1.165) is 4.88 Å². The van der Waals surface area contributed by atoms with E-state index in [9.17, 15) is 9.59 Å². The molecule has 2 aromatic heterocycles. The molecule has 0 spiro atoms. The lowest BCUT2D eigenvalue weighted by molar-refractivity contribution is -0.118. The van der Waals surface area contributed by atoms with E-state index in [1.807, 2.05) is 17.5 Å². The fourth-order valence-corrected chi connectivity index (χ4v) is 2.12. The number of thiophene rings is 1. The van der Waals surface area contributed by atoms with Gasteiger partial charge in [0, 0.05) is 24.2 Å². The van der Waals surface area contributed by atoms with E-state index in [1.165, 1.54) is 0 Å². The molecule has 0 aliphatic carbocycles. The van der Waals surface area contributed by atoms with Crippen molar-refractivity contribution in [2.45, 2.75) is 6.54 Å². The van der Waals surface area contributed by atoms with Gasteiger partial charge < -0.3 is 10.6 Å². The van der Waals surface area contributed by atoms with Crippen LogP contribution in [-0.4, -0.2) is 28.3 Å². The first-order valence-electron chi connectivity index (χ1n) is 5.97. The van der Waals surface area contributed by atoms with Gasteiger partial charge in [-0.2, -0.15) is 5.10 Å². The van der Waals surface area contributed by atoms with Crippen molar-refractivity contribution >= 4 is 29.1 Å². The lowest BCUT2D eigenvalue weighted by atomic mass is 10.4. The largest absolute Gasteiger partial charge is 0.360 e. The van der Waals surface area contributed by atoms with Gasteiger partial charge in [-0.3, -0.25) is 14.8 Å². The van der Waals surface area contributed by atoms with E-state index >= 15 is 0 Å². The number of aromatic nitrogens is 2. The maximum Gasteiger partial charge on any atom is 0.321 e. The minimum atomic E-state index is -0.508. The summed E-state index contributed by atoms with van der Waals surface area (Å²) in [5.41, 5.74) is 0. The van der Waals surface area contributed by atoms with Crippen molar-refractivity contribution in [1.82, 2.24) is 20.4 Å². The molecule has 3 amide bonds. The fraction of sp³-hybridized carbons (Fsp3) is 0.250. The van der Waals surface area contributed by atoms with Crippen LogP contribution in [0.4, 0.5) is 10.6 Å². The summed E-state index contributed by atoms with van der Waals surface area (Å²) in [6.07, 6.45) is 1.76. The van der Waals surface area contributed by atoms with Crippen LogP contribution in [0.3, 0.4) is 0 Å². The Balaban J connectivity index is 1.67. The number of carbonyl (C=O) groups excluding carboxylic acids is 2. The van der Waals surface area contributed by atoms with Gasteiger partial charge in [-0.15, -0.1) is 11.3 Å². The predicted molar refractivity (Wildman–Crippen MR) is 76.4 cm³/mol. The molecular weight excluding hydrogens is 278 g/mol. The predicted octanol–water partition coefficient (Wildman–Crippen LogP) is 0.919. The first-order chi connectivity index (χ1) is 9.63. The average Bonchev–Trinajstić information content (AvgIpc) is 3.05. The molecule has 0 fully saturated rings. The molecule has 2 rings (SSSR count). The van der Waals surface area contributed by atoms with Crippen molar-refractivity contribution in [3.05, 3.63) is 34.7 Å². The smallest absolute Gasteiger partial charge is 0.321 e. The second kappa shape index (κ2) is 6.71. The molecule has 0 aliphatic heterocycles. The molecule has 106 valence electrons. The molecular formula is C12H15N5O2S. The highest BCUT2D eigenvalue weighted by Crippen LogP contribution is 2.07. The Morgan fingerprint density at radius 2 is 2.25 bits per heavy atom. The van der Waals surface area contributed by atoms with Crippen LogP contribution in [0.15, 0.2) is 29.8 Å². The zero-order valence-electron chi connectivity index (χ0n) is 10.9. The van der Waals surface area contributed by atoms with Crippen LogP contribution in [0, 0.1) is 0 Å². The Morgan fingerprint density at radius 3 is 2.90 bits per heavy atom. The first-order valence-corrected chi connectivity index (χ1v) is 6.85. The maximum absolute atomic E-state index is 11.5. The zero-order valence-corrected chi connectivity index (χ0v) is 11.7. The summed E-state index contributed by atoms with van der Waals surface area (Å²) < 4.78 is 1.62. The van der Waals surface area contributed by atoms with Crippen LogP contribution in [-0.2, 0) is 18.4 Å². The third kappa shape index (κ3) is 4.39. The van der Waals surface area contributed by atoms with Gasteiger partial charge >= 0.3 is 6.03 Å². The van der Waals surface area contributed by atoms with Crippen molar-refractivity contribution in [3.63, 3.8) is 0 Å². The van der Waals surface area contributed by atoms with Crippen LogP contribution in [0.1, 0.15) is 4.88 Å². The highest BCUT2D eigenvalue weighted by Gasteiger charge is 2.07. The second-order valence-corrected chi connectivity index (χ2v) is 5.07. The van der Waals surface area contributed by atoms with E-state index < -0.39 is 11.9 Å². The van der Waals surface area contributed by atoms with E-state index in [1.54, 1.807) is 35.3 Å². The number of urea groups is 1. The normalized spacial score (nSPS) is 10.1. The van der Waals surface area contributed by atoms with E-state index in [4.69, 9.17) is 0 Å². The minimum Gasteiger partial charge on any atom is -0.360 e. The molecule has 0 saturated heterocycles. The molecule has 0 aliphatic rings. The summed E-state index contributed by atoms with van der Waals surface area (Å²) in [5.74, 6) is 0.168. The van der Waals surface area contributed by atoms with E-state index in [-0.39, 0.29) is 6.54 Å². The number of nitrogens with one attached hydrogen (secondary N) is 3. The number of rotatable bonds is 5. The van der Waals surface area contributed by atoms with Gasteiger partial charge in [0.1, 0.15) is 5.82 Å². The van der Waals surface area contributed by atoms with Crippen molar-refractivity contribution < 1.29 is 9.59 Å². The average molecular weight is 293 g/mol. The number of hydrogen-bond donors (Lipinski definition) is 3. The van der Waals surface area contributed by atoms with Crippen LogP contribution in [0.5, 0.6) is 0 Å². The Bertz CT molecular complexity index is 578. The van der Waals surface area contributed by atoms with Crippen molar-refractivity contribution in [2.24, 2.45) is 7.05 Å². The molecule has 0 bridgehead atoms. The quantitative estimate of drug-likeness (QED) is 0.765. The molecule has 0 unspecified atom stereocenters. The highest BCUT2D eigenvalue weighted by molar-refractivity contribution is 7.09. The number of carbonyl (C=O) groups is 2. The van der Waals surface area contributed by atoms with Gasteiger partial charge in [0.25, 0.3) is 0 Å². The number of anilines is 1. The molecule has 0 aromatic carbocycles. The van der Waals surface area contributed by atoms with Gasteiger partial charge in [0.2, 0.25) is 5.91 Å².